The third-order valence-corrected chi connectivity index (χ3v) is 1.72. The standard InChI is InChI=1S/C8H11NO/c1-6-4-2-3-5-7(6)8(9)10/h2-3,5-6H,4H2,1H3,(H2,9,10)/t6-/m1/s1. The van der Waals surface area contributed by atoms with Crippen LogP contribution in [-0.4, -0.2) is 5.91 Å². The van der Waals surface area contributed by atoms with Crippen LogP contribution in [0, 0.1) is 5.92 Å². The monoisotopic (exact) mass is 137 g/mol. The molecular weight excluding hydrogens is 126 g/mol. The van der Waals surface area contributed by atoms with Crippen LogP contribution in [0.5, 0.6) is 0 Å². The Labute approximate surface area is 60.4 Å². The normalized spacial score (nSPS) is 24.1. The Morgan fingerprint density at radius 1 is 1.80 bits per heavy atom. The molecule has 0 saturated carbocycles. The number of hydrogen-bond donors (Lipinski definition) is 1. The van der Waals surface area contributed by atoms with Crippen molar-refractivity contribution in [1.82, 2.24) is 0 Å². The van der Waals surface area contributed by atoms with E-state index in [2.05, 4.69) is 0 Å². The number of hydrogen-bond acceptors (Lipinski definition) is 1. The van der Waals surface area contributed by atoms with Crippen molar-refractivity contribution in [2.75, 3.05) is 0 Å². The van der Waals surface area contributed by atoms with Crippen LogP contribution in [-0.2, 0) is 4.79 Å². The third-order valence-electron chi connectivity index (χ3n) is 1.72. The summed E-state index contributed by atoms with van der Waals surface area (Å²) in [5.74, 6) is -0.000602. The van der Waals surface area contributed by atoms with Crippen molar-refractivity contribution in [2.45, 2.75) is 13.3 Å². The first kappa shape index (κ1) is 7.06. The number of amides is 1. The molecule has 0 aromatic rings. The molecule has 0 heterocycles. The Bertz CT molecular complexity index is 203. The zero-order valence-corrected chi connectivity index (χ0v) is 6.00. The van der Waals surface area contributed by atoms with Crippen LogP contribution in [0.4, 0.5) is 0 Å². The Morgan fingerprint density at radius 3 is 2.90 bits per heavy atom. The molecule has 1 rings (SSSR count). The van der Waals surface area contributed by atoms with Gasteiger partial charge < -0.3 is 5.73 Å². The number of nitrogens with two attached hydrogens (primary N) is 1. The van der Waals surface area contributed by atoms with Crippen LogP contribution in [0.15, 0.2) is 23.8 Å². The molecule has 2 nitrogen and oxygen atoms in total. The Balaban J connectivity index is 2.80. The van der Waals surface area contributed by atoms with E-state index in [-0.39, 0.29) is 5.91 Å². The fourth-order valence-corrected chi connectivity index (χ4v) is 1.07. The zero-order valence-electron chi connectivity index (χ0n) is 6.00. The SMILES string of the molecule is C[C@@H]1CC=CC=C1C(N)=O. The maximum absolute atomic E-state index is 10.7. The second-order valence-corrected chi connectivity index (χ2v) is 2.55. The summed E-state index contributed by atoms with van der Waals surface area (Å²) in [7, 11) is 0. The molecule has 10 heavy (non-hydrogen) atoms. The highest BCUT2D eigenvalue weighted by atomic mass is 16.1. The number of allylic oxidation sites excluding steroid dienone is 3. The average Bonchev–Trinajstić information content (AvgIpc) is 1.88. The molecule has 0 fully saturated rings. The van der Waals surface area contributed by atoms with E-state index in [0.29, 0.717) is 5.92 Å². The third kappa shape index (κ3) is 1.26. The van der Waals surface area contributed by atoms with Gasteiger partial charge in [0.2, 0.25) is 5.91 Å². The van der Waals surface area contributed by atoms with Crippen molar-refractivity contribution in [2.24, 2.45) is 11.7 Å². The van der Waals surface area contributed by atoms with Gasteiger partial charge in [0.25, 0.3) is 0 Å². The number of carbonyl (C=O) groups is 1. The van der Waals surface area contributed by atoms with Gasteiger partial charge in [-0.15, -0.1) is 0 Å². The van der Waals surface area contributed by atoms with Crippen molar-refractivity contribution in [3.63, 3.8) is 0 Å². The van der Waals surface area contributed by atoms with E-state index in [0.717, 1.165) is 12.0 Å². The second kappa shape index (κ2) is 2.69. The maximum atomic E-state index is 10.7. The van der Waals surface area contributed by atoms with Gasteiger partial charge in [0.05, 0.1) is 0 Å². The molecule has 1 amide bonds. The lowest BCUT2D eigenvalue weighted by Gasteiger charge is -2.12. The molecule has 0 spiro atoms. The van der Waals surface area contributed by atoms with Crippen LogP contribution in [0.2, 0.25) is 0 Å². The van der Waals surface area contributed by atoms with Gasteiger partial charge in [-0.25, -0.2) is 0 Å². The van der Waals surface area contributed by atoms with Crippen molar-refractivity contribution in [3.8, 4) is 0 Å². The molecule has 0 unspecified atom stereocenters. The van der Waals surface area contributed by atoms with Gasteiger partial charge in [0.1, 0.15) is 0 Å². The molecule has 0 radical (unpaired) electrons. The summed E-state index contributed by atoms with van der Waals surface area (Å²) < 4.78 is 0. The molecule has 2 heteroatoms. The molecule has 0 aliphatic heterocycles. The van der Waals surface area contributed by atoms with E-state index in [1.54, 1.807) is 6.08 Å². The van der Waals surface area contributed by atoms with E-state index >= 15 is 0 Å². The Hall–Kier alpha value is -1.05. The van der Waals surface area contributed by atoms with E-state index in [9.17, 15) is 4.79 Å². The fourth-order valence-electron chi connectivity index (χ4n) is 1.07. The van der Waals surface area contributed by atoms with Gasteiger partial charge in [-0.05, 0) is 12.3 Å². The summed E-state index contributed by atoms with van der Waals surface area (Å²) >= 11 is 0. The van der Waals surface area contributed by atoms with E-state index in [1.165, 1.54) is 0 Å². The average molecular weight is 137 g/mol. The quantitative estimate of drug-likeness (QED) is 0.575. The molecule has 1 aliphatic carbocycles. The predicted molar refractivity (Wildman–Crippen MR) is 40.2 cm³/mol. The zero-order chi connectivity index (χ0) is 7.56. The van der Waals surface area contributed by atoms with Gasteiger partial charge in [-0.3, -0.25) is 4.79 Å². The van der Waals surface area contributed by atoms with Crippen molar-refractivity contribution in [3.05, 3.63) is 23.8 Å². The molecule has 1 atom stereocenters. The first-order chi connectivity index (χ1) is 4.72. The lowest BCUT2D eigenvalue weighted by atomic mass is 9.93. The minimum atomic E-state index is -0.295. The molecule has 0 aromatic carbocycles. The van der Waals surface area contributed by atoms with Gasteiger partial charge in [0.15, 0.2) is 0 Å². The Morgan fingerprint density at radius 2 is 2.50 bits per heavy atom. The van der Waals surface area contributed by atoms with Gasteiger partial charge in [-0.1, -0.05) is 25.2 Å². The minimum absolute atomic E-state index is 0.294. The number of primary amides is 1. The number of carbonyl (C=O) groups excluding carboxylic acids is 1. The van der Waals surface area contributed by atoms with Crippen LogP contribution in [0.1, 0.15) is 13.3 Å². The van der Waals surface area contributed by atoms with E-state index < -0.39 is 0 Å². The van der Waals surface area contributed by atoms with E-state index in [4.69, 9.17) is 5.73 Å². The first-order valence-corrected chi connectivity index (χ1v) is 3.38. The minimum Gasteiger partial charge on any atom is -0.366 e. The van der Waals surface area contributed by atoms with Gasteiger partial charge in [-0.2, -0.15) is 0 Å². The smallest absolute Gasteiger partial charge is 0.244 e. The summed E-state index contributed by atoms with van der Waals surface area (Å²) in [5, 5.41) is 0. The molecule has 0 bridgehead atoms. The van der Waals surface area contributed by atoms with E-state index in [1.807, 2.05) is 19.1 Å². The highest BCUT2D eigenvalue weighted by Crippen LogP contribution is 2.18. The Kier molecular flexibility index (Phi) is 1.90. The summed E-state index contributed by atoms with van der Waals surface area (Å²) in [6.07, 6.45) is 6.63. The second-order valence-electron chi connectivity index (χ2n) is 2.55. The lowest BCUT2D eigenvalue weighted by molar-refractivity contribution is -0.115. The number of rotatable bonds is 1. The summed E-state index contributed by atoms with van der Waals surface area (Å²) in [4.78, 5) is 10.7. The van der Waals surface area contributed by atoms with Crippen LogP contribution in [0.25, 0.3) is 0 Å². The maximum Gasteiger partial charge on any atom is 0.244 e. The molecule has 2 N–H and O–H groups in total. The summed E-state index contributed by atoms with van der Waals surface area (Å²) in [6.45, 7) is 2.00. The fraction of sp³-hybridized carbons (Fsp3) is 0.375. The molecule has 54 valence electrons. The van der Waals surface area contributed by atoms with Crippen molar-refractivity contribution >= 4 is 5.91 Å². The highest BCUT2D eigenvalue weighted by Gasteiger charge is 2.13. The van der Waals surface area contributed by atoms with Gasteiger partial charge in [0, 0.05) is 5.57 Å². The van der Waals surface area contributed by atoms with Crippen molar-refractivity contribution in [1.29, 1.82) is 0 Å². The molecule has 0 aromatic heterocycles. The van der Waals surface area contributed by atoms with Crippen molar-refractivity contribution < 1.29 is 4.79 Å². The highest BCUT2D eigenvalue weighted by molar-refractivity contribution is 5.92. The predicted octanol–water partition coefficient (Wildman–Crippen LogP) is 0.994. The topological polar surface area (TPSA) is 43.1 Å². The molecule has 1 aliphatic rings. The molecular formula is C8H11NO. The molecule has 0 saturated heterocycles. The first-order valence-electron chi connectivity index (χ1n) is 3.38. The lowest BCUT2D eigenvalue weighted by Crippen LogP contribution is -2.19. The van der Waals surface area contributed by atoms with Crippen LogP contribution >= 0.6 is 0 Å². The largest absolute Gasteiger partial charge is 0.366 e. The summed E-state index contributed by atoms with van der Waals surface area (Å²) in [6, 6.07) is 0. The van der Waals surface area contributed by atoms with Crippen LogP contribution in [0.3, 0.4) is 0 Å². The van der Waals surface area contributed by atoms with Crippen LogP contribution < -0.4 is 5.73 Å². The summed E-state index contributed by atoms with van der Waals surface area (Å²) in [5.41, 5.74) is 5.85. The van der Waals surface area contributed by atoms with Gasteiger partial charge >= 0.3 is 0 Å².